The van der Waals surface area contributed by atoms with Crippen LogP contribution in [0.5, 0.6) is 17.2 Å². The first-order valence-corrected chi connectivity index (χ1v) is 6.11. The van der Waals surface area contributed by atoms with Crippen LogP contribution < -0.4 is 14.2 Å². The van der Waals surface area contributed by atoms with E-state index in [1.807, 2.05) is 19.0 Å². The lowest BCUT2D eigenvalue weighted by Gasteiger charge is -2.15. The third kappa shape index (κ3) is 3.51. The van der Waals surface area contributed by atoms with Crippen LogP contribution >= 0.6 is 0 Å². The summed E-state index contributed by atoms with van der Waals surface area (Å²) in [5.41, 5.74) is 0.968. The molecule has 0 aliphatic rings. The van der Waals surface area contributed by atoms with E-state index in [9.17, 15) is 4.79 Å². The van der Waals surface area contributed by atoms with Crippen LogP contribution in [0.15, 0.2) is 24.3 Å². The maximum Gasteiger partial charge on any atom is 0.203 e. The van der Waals surface area contributed by atoms with E-state index < -0.39 is 0 Å². The quantitative estimate of drug-likeness (QED) is 0.564. The monoisotopic (exact) mass is 279 g/mol. The normalized spacial score (nSPS) is 10.3. The summed E-state index contributed by atoms with van der Waals surface area (Å²) < 4.78 is 15.7. The summed E-state index contributed by atoms with van der Waals surface area (Å²) in [7, 11) is 8.31. The molecule has 0 atom stereocenters. The largest absolute Gasteiger partial charge is 0.493 e. The van der Waals surface area contributed by atoms with Crippen LogP contribution in [0.3, 0.4) is 0 Å². The highest BCUT2D eigenvalue weighted by Crippen LogP contribution is 2.38. The van der Waals surface area contributed by atoms with Gasteiger partial charge in [-0.1, -0.05) is 6.58 Å². The van der Waals surface area contributed by atoms with Gasteiger partial charge in [-0.15, -0.1) is 0 Å². The van der Waals surface area contributed by atoms with Gasteiger partial charge in [0, 0.05) is 17.7 Å². The van der Waals surface area contributed by atoms with Crippen molar-refractivity contribution in [2.24, 2.45) is 0 Å². The SMILES string of the molecule is C=C(CN(C)C)C(=O)c1cc(OC)c(OC)c(OC)c1. The van der Waals surface area contributed by atoms with E-state index in [0.717, 1.165) is 0 Å². The third-order valence-electron chi connectivity index (χ3n) is 2.76. The van der Waals surface area contributed by atoms with Crippen LogP contribution in [0.1, 0.15) is 10.4 Å². The number of carbonyl (C=O) groups is 1. The highest BCUT2D eigenvalue weighted by atomic mass is 16.5. The Balaban J connectivity index is 3.19. The molecule has 5 heteroatoms. The van der Waals surface area contributed by atoms with Crippen molar-refractivity contribution >= 4 is 5.78 Å². The third-order valence-corrected chi connectivity index (χ3v) is 2.76. The number of hydrogen-bond acceptors (Lipinski definition) is 5. The summed E-state index contributed by atoms with van der Waals surface area (Å²) in [6.07, 6.45) is 0. The van der Waals surface area contributed by atoms with Crippen LogP contribution in [0.2, 0.25) is 0 Å². The predicted molar refractivity (Wildman–Crippen MR) is 78.1 cm³/mol. The van der Waals surface area contributed by atoms with Gasteiger partial charge in [-0.25, -0.2) is 0 Å². The molecule has 110 valence electrons. The van der Waals surface area contributed by atoms with Crippen molar-refractivity contribution in [3.05, 3.63) is 29.8 Å². The molecule has 0 N–H and O–H groups in total. The molecular weight excluding hydrogens is 258 g/mol. The number of carbonyl (C=O) groups excluding carboxylic acids is 1. The van der Waals surface area contributed by atoms with Crippen LogP contribution in [0.4, 0.5) is 0 Å². The molecule has 0 unspecified atom stereocenters. The molecule has 20 heavy (non-hydrogen) atoms. The summed E-state index contributed by atoms with van der Waals surface area (Å²) in [4.78, 5) is 14.2. The number of methoxy groups -OCH3 is 3. The second-order valence-corrected chi connectivity index (χ2v) is 4.58. The van der Waals surface area contributed by atoms with Gasteiger partial charge in [0.1, 0.15) is 0 Å². The fourth-order valence-electron chi connectivity index (χ4n) is 1.87. The Morgan fingerprint density at radius 1 is 1.10 bits per heavy atom. The molecule has 0 spiro atoms. The number of ketones is 1. The average molecular weight is 279 g/mol. The number of rotatable bonds is 7. The average Bonchev–Trinajstić information content (AvgIpc) is 2.43. The molecule has 0 aliphatic heterocycles. The van der Waals surface area contributed by atoms with Crippen LogP contribution in [-0.4, -0.2) is 52.7 Å². The Bertz CT molecular complexity index is 484. The van der Waals surface area contributed by atoms with Crippen molar-refractivity contribution < 1.29 is 19.0 Å². The first kappa shape index (κ1) is 16.0. The molecule has 0 saturated carbocycles. The molecule has 0 fully saturated rings. The molecule has 0 aromatic heterocycles. The van der Waals surface area contributed by atoms with E-state index in [1.165, 1.54) is 21.3 Å². The zero-order chi connectivity index (χ0) is 15.3. The van der Waals surface area contributed by atoms with Crippen molar-refractivity contribution in [1.82, 2.24) is 4.90 Å². The van der Waals surface area contributed by atoms with E-state index in [1.54, 1.807) is 12.1 Å². The Morgan fingerprint density at radius 3 is 1.95 bits per heavy atom. The Labute approximate surface area is 119 Å². The minimum Gasteiger partial charge on any atom is -0.493 e. The number of nitrogens with zero attached hydrogens (tertiary/aromatic N) is 1. The van der Waals surface area contributed by atoms with Gasteiger partial charge in [-0.3, -0.25) is 4.79 Å². The molecule has 1 aromatic carbocycles. The first-order chi connectivity index (χ1) is 9.44. The fraction of sp³-hybridized carbons (Fsp3) is 0.400. The van der Waals surface area contributed by atoms with Gasteiger partial charge in [0.2, 0.25) is 5.75 Å². The zero-order valence-corrected chi connectivity index (χ0v) is 12.6. The molecule has 0 saturated heterocycles. The topological polar surface area (TPSA) is 48.0 Å². The van der Waals surface area contributed by atoms with Gasteiger partial charge in [-0.05, 0) is 26.2 Å². The van der Waals surface area contributed by atoms with Gasteiger partial charge < -0.3 is 19.1 Å². The summed E-state index contributed by atoms with van der Waals surface area (Å²) >= 11 is 0. The second-order valence-electron chi connectivity index (χ2n) is 4.58. The van der Waals surface area contributed by atoms with Crippen LogP contribution in [0, 0.1) is 0 Å². The van der Waals surface area contributed by atoms with Gasteiger partial charge in [0.05, 0.1) is 21.3 Å². The lowest BCUT2D eigenvalue weighted by atomic mass is 10.0. The minimum absolute atomic E-state index is 0.141. The fourth-order valence-corrected chi connectivity index (χ4v) is 1.87. The molecule has 0 radical (unpaired) electrons. The summed E-state index contributed by atoms with van der Waals surface area (Å²) in [5, 5.41) is 0. The lowest BCUT2D eigenvalue weighted by molar-refractivity contribution is 0.102. The van der Waals surface area contributed by atoms with Crippen molar-refractivity contribution in [2.75, 3.05) is 42.0 Å². The summed E-state index contributed by atoms with van der Waals surface area (Å²) in [6.45, 7) is 4.32. The smallest absolute Gasteiger partial charge is 0.203 e. The zero-order valence-electron chi connectivity index (χ0n) is 12.6. The first-order valence-electron chi connectivity index (χ1n) is 6.11. The van der Waals surface area contributed by atoms with E-state index in [4.69, 9.17) is 14.2 Å². The van der Waals surface area contributed by atoms with Crippen molar-refractivity contribution in [2.45, 2.75) is 0 Å². The van der Waals surface area contributed by atoms with Crippen molar-refractivity contribution in [1.29, 1.82) is 0 Å². The van der Waals surface area contributed by atoms with Crippen LogP contribution in [-0.2, 0) is 0 Å². The summed E-state index contributed by atoms with van der Waals surface area (Å²) in [6, 6.07) is 3.26. The lowest BCUT2D eigenvalue weighted by Crippen LogP contribution is -2.19. The van der Waals surface area contributed by atoms with Crippen LogP contribution in [0.25, 0.3) is 0 Å². The van der Waals surface area contributed by atoms with E-state index in [-0.39, 0.29) is 5.78 Å². The molecule has 0 bridgehead atoms. The number of Topliss-reactive ketones (excluding diaryl/α,β-unsaturated/α-hetero) is 1. The molecule has 0 aliphatic carbocycles. The molecule has 1 rings (SSSR count). The highest BCUT2D eigenvalue weighted by Gasteiger charge is 2.18. The van der Waals surface area contributed by atoms with E-state index in [2.05, 4.69) is 6.58 Å². The van der Waals surface area contributed by atoms with Gasteiger partial charge in [-0.2, -0.15) is 0 Å². The summed E-state index contributed by atoms with van der Waals surface area (Å²) in [5.74, 6) is 1.23. The van der Waals surface area contributed by atoms with Gasteiger partial charge in [0.15, 0.2) is 17.3 Å². The van der Waals surface area contributed by atoms with Gasteiger partial charge in [0.25, 0.3) is 0 Å². The highest BCUT2D eigenvalue weighted by molar-refractivity contribution is 6.09. The predicted octanol–water partition coefficient (Wildman–Crippen LogP) is 2.01. The maximum atomic E-state index is 12.3. The molecule has 1 aromatic rings. The van der Waals surface area contributed by atoms with E-state index in [0.29, 0.717) is 34.9 Å². The minimum atomic E-state index is -0.141. The molecule has 5 nitrogen and oxygen atoms in total. The Morgan fingerprint density at radius 2 is 1.60 bits per heavy atom. The Hall–Kier alpha value is -2.01. The number of hydrogen-bond donors (Lipinski definition) is 0. The maximum absolute atomic E-state index is 12.3. The molecule has 0 heterocycles. The second kappa shape index (κ2) is 6.96. The number of ether oxygens (including phenoxy) is 3. The van der Waals surface area contributed by atoms with Crippen molar-refractivity contribution in [3.8, 4) is 17.2 Å². The van der Waals surface area contributed by atoms with Gasteiger partial charge >= 0.3 is 0 Å². The standard InChI is InChI=1S/C15H21NO4/c1-10(9-16(2)3)14(17)11-7-12(18-4)15(20-6)13(8-11)19-5/h7-8H,1,9H2,2-6H3. The molecular formula is C15H21NO4. The number of likely N-dealkylation sites (N-methyl/N-ethyl adjacent to an activating group) is 1. The Kier molecular flexibility index (Phi) is 5.58. The molecule has 0 amide bonds. The van der Waals surface area contributed by atoms with E-state index >= 15 is 0 Å². The van der Waals surface area contributed by atoms with Crippen molar-refractivity contribution in [3.63, 3.8) is 0 Å². The number of benzene rings is 1.